The number of carbonyl (C=O) groups is 2. The summed E-state index contributed by atoms with van der Waals surface area (Å²) in [6.07, 6.45) is 0.542. The Balaban J connectivity index is 3.10. The van der Waals surface area contributed by atoms with E-state index in [9.17, 15) is 14.7 Å². The fourth-order valence-electron chi connectivity index (χ4n) is 0.975. The lowest BCUT2D eigenvalue weighted by atomic mass is 10.1. The number of carbonyl (C=O) groups excluding carboxylic acids is 1. The zero-order valence-corrected chi connectivity index (χ0v) is 8.60. The molecule has 1 aromatic carbocycles. The van der Waals surface area contributed by atoms with Crippen molar-refractivity contribution in [2.45, 2.75) is 0 Å². The van der Waals surface area contributed by atoms with Crippen molar-refractivity contribution in [2.24, 2.45) is 0 Å². The van der Waals surface area contributed by atoms with Gasteiger partial charge < -0.3 is 15.3 Å². The third-order valence-corrected chi connectivity index (χ3v) is 2.02. The molecule has 5 nitrogen and oxygen atoms in total. The molecular weight excluding hydrogens is 236 g/mol. The zero-order chi connectivity index (χ0) is 12.3. The Morgan fingerprint density at radius 1 is 1.25 bits per heavy atom. The molecule has 0 aliphatic rings. The monoisotopic (exact) mass is 242 g/mol. The number of carboxylic acids is 1. The molecule has 0 amide bonds. The van der Waals surface area contributed by atoms with Gasteiger partial charge in [-0.15, -0.1) is 0 Å². The Bertz CT molecular complexity index is 478. The molecule has 1 aromatic rings. The van der Waals surface area contributed by atoms with Gasteiger partial charge in [-0.25, -0.2) is 4.79 Å². The molecule has 0 spiro atoms. The minimum absolute atomic E-state index is 0.00642. The summed E-state index contributed by atoms with van der Waals surface area (Å²) < 4.78 is 0. The molecule has 84 valence electrons. The van der Waals surface area contributed by atoms with Crippen LogP contribution in [0.3, 0.4) is 0 Å². The molecule has 0 aliphatic carbocycles. The Labute approximate surface area is 95.2 Å². The highest BCUT2D eigenvalue weighted by Crippen LogP contribution is 2.26. The van der Waals surface area contributed by atoms with E-state index >= 15 is 0 Å². The van der Waals surface area contributed by atoms with Gasteiger partial charge in [0.05, 0.1) is 5.02 Å². The molecule has 0 saturated carbocycles. The van der Waals surface area contributed by atoms with E-state index in [4.69, 9.17) is 21.8 Å². The van der Waals surface area contributed by atoms with Crippen LogP contribution in [-0.2, 0) is 9.59 Å². The quantitative estimate of drug-likeness (QED) is 0.425. The van der Waals surface area contributed by atoms with Gasteiger partial charge in [-0.2, -0.15) is 0 Å². The Hall–Kier alpha value is -2.01. The number of aromatic hydroxyl groups is 1. The second-order valence-corrected chi connectivity index (χ2v) is 3.27. The van der Waals surface area contributed by atoms with Crippen LogP contribution >= 0.6 is 11.6 Å². The number of phenolic OH excluding ortho intramolecular Hbond substituents is 1. The van der Waals surface area contributed by atoms with Gasteiger partial charge in [-0.05, 0) is 18.2 Å². The highest BCUT2D eigenvalue weighted by Gasteiger charge is 2.12. The molecule has 0 heterocycles. The molecule has 0 radical (unpaired) electrons. The van der Waals surface area contributed by atoms with Crippen molar-refractivity contribution in [3.8, 4) is 5.75 Å². The third kappa shape index (κ3) is 2.74. The summed E-state index contributed by atoms with van der Waals surface area (Å²) in [5, 5.41) is 26.8. The summed E-state index contributed by atoms with van der Waals surface area (Å²) in [4.78, 5) is 21.0. The van der Waals surface area contributed by atoms with Gasteiger partial charge in [0.1, 0.15) is 11.5 Å². The van der Waals surface area contributed by atoms with E-state index in [1.807, 2.05) is 0 Å². The number of phenols is 1. The first-order chi connectivity index (χ1) is 7.41. The van der Waals surface area contributed by atoms with Crippen LogP contribution in [0.15, 0.2) is 24.3 Å². The molecule has 0 unspecified atom stereocenters. The molecule has 0 aliphatic heterocycles. The summed E-state index contributed by atoms with van der Waals surface area (Å²) in [6, 6.07) is 3.67. The molecular formula is C10H7ClO5. The predicted molar refractivity (Wildman–Crippen MR) is 56.4 cm³/mol. The van der Waals surface area contributed by atoms with E-state index in [1.54, 1.807) is 0 Å². The number of aliphatic carboxylic acids is 1. The average molecular weight is 243 g/mol. The number of aliphatic hydroxyl groups is 1. The van der Waals surface area contributed by atoms with E-state index < -0.39 is 17.5 Å². The molecule has 16 heavy (non-hydrogen) atoms. The van der Waals surface area contributed by atoms with Crippen molar-refractivity contribution < 1.29 is 24.9 Å². The van der Waals surface area contributed by atoms with Gasteiger partial charge in [0.15, 0.2) is 0 Å². The van der Waals surface area contributed by atoms with Crippen LogP contribution in [0.4, 0.5) is 0 Å². The number of hydrogen-bond acceptors (Lipinski definition) is 4. The maximum absolute atomic E-state index is 10.8. The van der Waals surface area contributed by atoms with E-state index in [1.165, 1.54) is 12.1 Å². The SMILES string of the molecule is O=C(O)C(=O)C=C(O)c1ccc(O)cc1Cl. The maximum atomic E-state index is 10.8. The van der Waals surface area contributed by atoms with E-state index in [0.717, 1.165) is 6.07 Å². The second kappa shape index (κ2) is 4.67. The number of benzene rings is 1. The largest absolute Gasteiger partial charge is 0.508 e. The van der Waals surface area contributed by atoms with E-state index in [-0.39, 0.29) is 16.3 Å². The van der Waals surface area contributed by atoms with Crippen molar-refractivity contribution in [3.63, 3.8) is 0 Å². The molecule has 1 rings (SSSR count). The van der Waals surface area contributed by atoms with Crippen LogP contribution in [0.2, 0.25) is 5.02 Å². The van der Waals surface area contributed by atoms with Crippen molar-refractivity contribution in [2.75, 3.05) is 0 Å². The minimum atomic E-state index is -1.68. The van der Waals surface area contributed by atoms with Gasteiger partial charge in [-0.3, -0.25) is 4.79 Å². The van der Waals surface area contributed by atoms with Crippen LogP contribution in [0, 0.1) is 0 Å². The first kappa shape index (κ1) is 12.1. The topological polar surface area (TPSA) is 94.8 Å². The average Bonchev–Trinajstić information content (AvgIpc) is 2.16. The third-order valence-electron chi connectivity index (χ3n) is 1.71. The minimum Gasteiger partial charge on any atom is -0.508 e. The number of hydrogen-bond donors (Lipinski definition) is 3. The van der Waals surface area contributed by atoms with Crippen molar-refractivity contribution in [3.05, 3.63) is 34.9 Å². The van der Waals surface area contributed by atoms with Crippen LogP contribution in [0.25, 0.3) is 5.76 Å². The second-order valence-electron chi connectivity index (χ2n) is 2.86. The van der Waals surface area contributed by atoms with Crippen LogP contribution in [0.1, 0.15) is 5.56 Å². The summed E-state index contributed by atoms with van der Waals surface area (Å²) in [6.45, 7) is 0. The molecule has 0 saturated heterocycles. The van der Waals surface area contributed by atoms with Crippen molar-refractivity contribution >= 4 is 29.1 Å². The fraction of sp³-hybridized carbons (Fsp3) is 0. The van der Waals surface area contributed by atoms with Crippen molar-refractivity contribution in [1.82, 2.24) is 0 Å². The molecule has 0 fully saturated rings. The molecule has 0 bridgehead atoms. The van der Waals surface area contributed by atoms with Crippen LogP contribution in [-0.4, -0.2) is 27.1 Å². The van der Waals surface area contributed by atoms with Gasteiger partial charge in [0.2, 0.25) is 0 Å². The molecule has 6 heteroatoms. The fourth-order valence-corrected chi connectivity index (χ4v) is 1.25. The van der Waals surface area contributed by atoms with Gasteiger partial charge in [0.25, 0.3) is 5.78 Å². The molecule has 0 atom stereocenters. The van der Waals surface area contributed by atoms with Crippen molar-refractivity contribution in [1.29, 1.82) is 0 Å². The Kier molecular flexibility index (Phi) is 3.52. The lowest BCUT2D eigenvalue weighted by Crippen LogP contribution is -2.09. The number of carboxylic acid groups (broad SMARTS) is 1. The van der Waals surface area contributed by atoms with Crippen LogP contribution < -0.4 is 0 Å². The number of ketones is 1. The Morgan fingerprint density at radius 2 is 1.88 bits per heavy atom. The van der Waals surface area contributed by atoms with E-state index in [2.05, 4.69) is 0 Å². The van der Waals surface area contributed by atoms with Gasteiger partial charge >= 0.3 is 5.97 Å². The first-order valence-corrected chi connectivity index (χ1v) is 4.46. The van der Waals surface area contributed by atoms with E-state index in [0.29, 0.717) is 6.08 Å². The van der Waals surface area contributed by atoms with Gasteiger partial charge in [-0.1, -0.05) is 11.6 Å². The summed E-state index contributed by atoms with van der Waals surface area (Å²) in [5.41, 5.74) is 0.0640. The van der Waals surface area contributed by atoms with Gasteiger partial charge in [0, 0.05) is 11.6 Å². The summed E-state index contributed by atoms with van der Waals surface area (Å²) >= 11 is 5.67. The highest BCUT2D eigenvalue weighted by atomic mass is 35.5. The zero-order valence-electron chi connectivity index (χ0n) is 7.85. The lowest BCUT2D eigenvalue weighted by Gasteiger charge is -2.02. The summed E-state index contributed by atoms with van der Waals surface area (Å²) in [7, 11) is 0. The predicted octanol–water partition coefficient (Wildman–Crippen LogP) is 1.60. The standard InChI is InChI=1S/C10H7ClO5/c11-7-3-5(12)1-2-6(7)8(13)4-9(14)10(15)16/h1-4,12-13H,(H,15,16). The lowest BCUT2D eigenvalue weighted by molar-refractivity contribution is -0.146. The highest BCUT2D eigenvalue weighted by molar-refractivity contribution is 6.39. The number of aliphatic hydroxyl groups excluding tert-OH is 1. The summed E-state index contributed by atoms with van der Waals surface area (Å²) in [5.74, 6) is -3.62. The molecule has 0 aromatic heterocycles. The first-order valence-electron chi connectivity index (χ1n) is 4.08. The normalized spacial score (nSPS) is 11.2. The smallest absolute Gasteiger partial charge is 0.376 e. The maximum Gasteiger partial charge on any atom is 0.376 e. The Morgan fingerprint density at radius 3 is 2.38 bits per heavy atom. The number of halogens is 1. The molecule has 3 N–H and O–H groups in total. The van der Waals surface area contributed by atoms with Crippen LogP contribution in [0.5, 0.6) is 5.75 Å². The number of rotatable bonds is 3.